The lowest BCUT2D eigenvalue weighted by atomic mass is 10.1. The number of anilines is 1. The lowest BCUT2D eigenvalue weighted by Crippen LogP contribution is -2.30. The third kappa shape index (κ3) is 7.48. The fourth-order valence-corrected chi connectivity index (χ4v) is 4.32. The minimum absolute atomic E-state index is 0.0797. The number of methoxy groups -OCH3 is 1. The number of halogens is 2. The van der Waals surface area contributed by atoms with E-state index in [0.717, 1.165) is 11.3 Å². The lowest BCUT2D eigenvalue weighted by Gasteiger charge is -2.15. The number of hydrogen-bond acceptors (Lipinski definition) is 6. The fourth-order valence-electron chi connectivity index (χ4n) is 3.22. The Hall–Kier alpha value is -3.01. The molecule has 35 heavy (non-hydrogen) atoms. The van der Waals surface area contributed by atoms with Crippen molar-refractivity contribution in [3.8, 4) is 5.75 Å². The summed E-state index contributed by atoms with van der Waals surface area (Å²) in [4.78, 5) is 25.0. The summed E-state index contributed by atoms with van der Waals surface area (Å²) in [6.45, 7) is 6.04. The summed E-state index contributed by atoms with van der Waals surface area (Å²) in [6, 6.07) is 11.8. The van der Waals surface area contributed by atoms with E-state index in [2.05, 4.69) is 27.4 Å². The van der Waals surface area contributed by atoms with Crippen LogP contribution in [-0.4, -0.2) is 39.4 Å². The van der Waals surface area contributed by atoms with Crippen molar-refractivity contribution >= 4 is 52.5 Å². The van der Waals surface area contributed by atoms with Crippen LogP contribution in [-0.2, 0) is 22.6 Å². The highest BCUT2D eigenvalue weighted by Crippen LogP contribution is 2.26. The summed E-state index contributed by atoms with van der Waals surface area (Å²) in [5, 5.41) is 15.5. The summed E-state index contributed by atoms with van der Waals surface area (Å²) >= 11 is 13.3. The lowest BCUT2D eigenvalue weighted by molar-refractivity contribution is -0.121. The topological polar surface area (TPSA) is 98.1 Å². The monoisotopic (exact) mass is 533 g/mol. The zero-order chi connectivity index (χ0) is 25.4. The van der Waals surface area contributed by atoms with Gasteiger partial charge < -0.3 is 19.9 Å². The van der Waals surface area contributed by atoms with Gasteiger partial charge in [0.2, 0.25) is 11.8 Å². The highest BCUT2D eigenvalue weighted by molar-refractivity contribution is 7.99. The van der Waals surface area contributed by atoms with Gasteiger partial charge in [-0.3, -0.25) is 9.59 Å². The molecule has 0 saturated heterocycles. The molecule has 3 aromatic rings. The van der Waals surface area contributed by atoms with Gasteiger partial charge in [0.1, 0.15) is 5.75 Å². The van der Waals surface area contributed by atoms with Crippen LogP contribution in [0.15, 0.2) is 60.3 Å². The van der Waals surface area contributed by atoms with Crippen molar-refractivity contribution in [2.45, 2.75) is 31.1 Å². The van der Waals surface area contributed by atoms with Crippen molar-refractivity contribution in [1.82, 2.24) is 20.1 Å². The highest BCUT2D eigenvalue weighted by atomic mass is 35.5. The predicted molar refractivity (Wildman–Crippen MR) is 139 cm³/mol. The number of ether oxygens (including phenoxy) is 1. The number of nitrogens with zero attached hydrogens (tertiary/aromatic N) is 3. The third-order valence-corrected chi connectivity index (χ3v) is 6.41. The summed E-state index contributed by atoms with van der Waals surface area (Å²) in [7, 11) is 1.59. The van der Waals surface area contributed by atoms with Gasteiger partial charge in [-0.25, -0.2) is 0 Å². The Balaban J connectivity index is 1.62. The van der Waals surface area contributed by atoms with E-state index in [9.17, 15) is 9.59 Å². The molecule has 11 heteroatoms. The molecular formula is C24H25Cl2N5O3S. The third-order valence-electron chi connectivity index (χ3n) is 4.88. The van der Waals surface area contributed by atoms with Crippen LogP contribution in [0.3, 0.4) is 0 Å². The number of aromatic nitrogens is 3. The largest absolute Gasteiger partial charge is 0.497 e. The first kappa shape index (κ1) is 26.6. The number of carbonyl (C=O) groups is 2. The fraction of sp³-hybridized carbons (Fsp3) is 0.250. The maximum Gasteiger partial charge on any atom is 0.234 e. The number of nitrogens with one attached hydrogen (secondary N) is 2. The summed E-state index contributed by atoms with van der Waals surface area (Å²) in [6.07, 6.45) is 1.92. The number of amides is 2. The standard InChI is InChI=1S/C24H25Cl2N5O3S/c1-4-11-31-23(15(2)27-21(32)12-16-5-8-18(34-3)9-6-16)29-30-24(31)35-14-22(33)28-20-13-17(25)7-10-19(20)26/h4-10,13,15H,1,11-12,14H2,2-3H3,(H,27,32)(H,28,33). The van der Waals surface area contributed by atoms with Gasteiger partial charge in [-0.1, -0.05) is 53.2 Å². The van der Waals surface area contributed by atoms with Crippen LogP contribution in [0.2, 0.25) is 10.0 Å². The van der Waals surface area contributed by atoms with Crippen LogP contribution in [0.1, 0.15) is 24.4 Å². The smallest absolute Gasteiger partial charge is 0.234 e. The van der Waals surface area contributed by atoms with E-state index in [4.69, 9.17) is 27.9 Å². The molecule has 0 saturated carbocycles. The second-order valence-electron chi connectivity index (χ2n) is 7.52. The number of hydrogen-bond donors (Lipinski definition) is 2. The first-order valence-electron chi connectivity index (χ1n) is 10.6. The first-order chi connectivity index (χ1) is 16.8. The molecule has 3 rings (SSSR count). The molecule has 1 heterocycles. The molecule has 0 fully saturated rings. The van der Waals surface area contributed by atoms with E-state index in [0.29, 0.717) is 33.3 Å². The van der Waals surface area contributed by atoms with Gasteiger partial charge in [-0.05, 0) is 42.8 Å². The van der Waals surface area contributed by atoms with Crippen molar-refractivity contribution < 1.29 is 14.3 Å². The van der Waals surface area contributed by atoms with Crippen molar-refractivity contribution in [1.29, 1.82) is 0 Å². The summed E-state index contributed by atoms with van der Waals surface area (Å²) < 4.78 is 6.96. The molecule has 1 aromatic heterocycles. The van der Waals surface area contributed by atoms with E-state index in [-0.39, 0.29) is 24.0 Å². The Kier molecular flexibility index (Phi) is 9.59. The van der Waals surface area contributed by atoms with Crippen LogP contribution in [0.4, 0.5) is 5.69 Å². The maximum atomic E-state index is 12.6. The first-order valence-corrected chi connectivity index (χ1v) is 12.4. The average Bonchev–Trinajstić information content (AvgIpc) is 3.23. The van der Waals surface area contributed by atoms with Crippen LogP contribution in [0.5, 0.6) is 5.75 Å². The van der Waals surface area contributed by atoms with E-state index in [1.807, 2.05) is 35.8 Å². The molecule has 1 unspecified atom stereocenters. The zero-order valence-electron chi connectivity index (χ0n) is 19.3. The molecule has 0 bridgehead atoms. The SMILES string of the molecule is C=CCn1c(SCC(=O)Nc2cc(Cl)ccc2Cl)nnc1C(C)NC(=O)Cc1ccc(OC)cc1. The molecule has 2 aromatic carbocycles. The van der Waals surface area contributed by atoms with Gasteiger partial charge in [0.05, 0.1) is 36.0 Å². The molecule has 0 radical (unpaired) electrons. The molecule has 2 N–H and O–H groups in total. The Morgan fingerprint density at radius 2 is 1.91 bits per heavy atom. The molecule has 0 aliphatic carbocycles. The molecule has 8 nitrogen and oxygen atoms in total. The van der Waals surface area contributed by atoms with E-state index < -0.39 is 6.04 Å². The maximum absolute atomic E-state index is 12.6. The second-order valence-corrected chi connectivity index (χ2v) is 9.30. The van der Waals surface area contributed by atoms with Crippen LogP contribution in [0.25, 0.3) is 0 Å². The van der Waals surface area contributed by atoms with Gasteiger partial charge >= 0.3 is 0 Å². The van der Waals surface area contributed by atoms with Crippen LogP contribution >= 0.6 is 35.0 Å². The minimum atomic E-state index is -0.401. The number of thioether (sulfide) groups is 1. The number of allylic oxidation sites excluding steroid dienone is 1. The Morgan fingerprint density at radius 1 is 1.17 bits per heavy atom. The Bertz CT molecular complexity index is 1200. The van der Waals surface area contributed by atoms with E-state index in [1.165, 1.54) is 11.8 Å². The number of rotatable bonds is 11. The average molecular weight is 534 g/mol. The zero-order valence-corrected chi connectivity index (χ0v) is 21.6. The van der Waals surface area contributed by atoms with E-state index >= 15 is 0 Å². The van der Waals surface area contributed by atoms with Gasteiger partial charge in [-0.15, -0.1) is 16.8 Å². The molecular weight excluding hydrogens is 509 g/mol. The number of benzene rings is 2. The predicted octanol–water partition coefficient (Wildman–Crippen LogP) is 4.93. The van der Waals surface area contributed by atoms with Crippen LogP contribution in [0, 0.1) is 0 Å². The van der Waals surface area contributed by atoms with Crippen molar-refractivity contribution in [3.63, 3.8) is 0 Å². The molecule has 2 amide bonds. The molecule has 184 valence electrons. The Labute approximate surface area is 218 Å². The van der Waals surface area contributed by atoms with Gasteiger partial charge in [-0.2, -0.15) is 0 Å². The summed E-state index contributed by atoms with van der Waals surface area (Å²) in [5.74, 6) is 0.955. The Morgan fingerprint density at radius 3 is 2.60 bits per heavy atom. The van der Waals surface area contributed by atoms with Crippen molar-refractivity contribution in [3.05, 3.63) is 76.6 Å². The molecule has 0 aliphatic rings. The minimum Gasteiger partial charge on any atom is -0.497 e. The van der Waals surface area contributed by atoms with E-state index in [1.54, 1.807) is 31.4 Å². The van der Waals surface area contributed by atoms with Crippen molar-refractivity contribution in [2.75, 3.05) is 18.2 Å². The number of carbonyl (C=O) groups excluding carboxylic acids is 2. The molecule has 1 atom stereocenters. The molecule has 0 aliphatic heterocycles. The summed E-state index contributed by atoms with van der Waals surface area (Å²) in [5.41, 5.74) is 1.30. The quantitative estimate of drug-likeness (QED) is 0.268. The van der Waals surface area contributed by atoms with Gasteiger partial charge in [0.15, 0.2) is 11.0 Å². The highest BCUT2D eigenvalue weighted by Gasteiger charge is 2.20. The molecule has 0 spiro atoms. The normalized spacial score (nSPS) is 11.5. The van der Waals surface area contributed by atoms with Crippen LogP contribution < -0.4 is 15.4 Å². The van der Waals surface area contributed by atoms with Gasteiger partial charge in [0.25, 0.3) is 0 Å². The second kappa shape index (κ2) is 12.6. The van der Waals surface area contributed by atoms with Crippen molar-refractivity contribution in [2.24, 2.45) is 0 Å². The van der Waals surface area contributed by atoms with Gasteiger partial charge in [0, 0.05) is 11.6 Å².